The maximum atomic E-state index is 12.2. The van der Waals surface area contributed by atoms with Crippen LogP contribution in [0.3, 0.4) is 0 Å². The molecule has 28 heteroatoms. The lowest BCUT2D eigenvalue weighted by atomic mass is 10.1. The minimum atomic E-state index is -1.15. The van der Waals surface area contributed by atoms with Crippen molar-refractivity contribution in [1.29, 1.82) is 0 Å². The van der Waals surface area contributed by atoms with Crippen LogP contribution in [0.1, 0.15) is 72.0 Å². The minimum absolute atomic E-state index is 0.104. The highest BCUT2D eigenvalue weighted by Crippen LogP contribution is 2.43. The van der Waals surface area contributed by atoms with Crippen LogP contribution in [0.5, 0.6) is 0 Å². The molecule has 62 heavy (non-hydrogen) atoms. The number of nitrogens with two attached hydrogens (primary N) is 2. The van der Waals surface area contributed by atoms with Gasteiger partial charge in [0.05, 0.1) is 4.88 Å². The van der Waals surface area contributed by atoms with E-state index in [4.69, 9.17) is 78.5 Å². The van der Waals surface area contributed by atoms with Crippen molar-refractivity contribution in [3.8, 4) is 0 Å². The van der Waals surface area contributed by atoms with E-state index in [1.807, 2.05) is 6.92 Å². The summed E-state index contributed by atoms with van der Waals surface area (Å²) in [5.41, 5.74) is 11.2. The maximum Gasteiger partial charge on any atom is 0.303 e. The maximum absolute atomic E-state index is 12.2. The molecule has 0 aromatic carbocycles. The lowest BCUT2D eigenvalue weighted by molar-refractivity contribution is -0.166. The zero-order valence-electron chi connectivity index (χ0n) is 33.9. The second-order valence-electron chi connectivity index (χ2n) is 13.3. The zero-order chi connectivity index (χ0) is 45.7. The Bertz CT molecular complexity index is 2440. The largest absolute Gasteiger partial charge is 0.463 e. The van der Waals surface area contributed by atoms with Crippen molar-refractivity contribution in [2.75, 3.05) is 30.9 Å². The minimum Gasteiger partial charge on any atom is -0.463 e. The number of hydrogen-bond donors (Lipinski definition) is 4. The first-order valence-electron chi connectivity index (χ1n) is 18.3. The molecule has 0 amide bonds. The summed E-state index contributed by atoms with van der Waals surface area (Å²) in [6, 6.07) is 0. The Morgan fingerprint density at radius 2 is 1.19 bits per heavy atom. The lowest BCUT2D eigenvalue weighted by Gasteiger charge is -2.26. The Morgan fingerprint density at radius 3 is 1.66 bits per heavy atom. The number of nitrogen functional groups attached to an aromatic ring is 1. The Hall–Kier alpha value is -5.39. The molecular formula is C34H42N8O16S4. The summed E-state index contributed by atoms with van der Waals surface area (Å²) in [5.74, 6) is -3.28. The fourth-order valence-electron chi connectivity index (χ4n) is 6.50. The average Bonchev–Trinajstić information content (AvgIpc) is 3.86. The number of fused-ring (bicyclic) bond motifs is 2. The standard InChI is InChI=1S/C18H24N4O8S2.C16H18N4O8S2/c1-5-26-15-13-14(20-17(19)21-15)22(18(31)32-13)16-12(29-9(4)25)11(28-8(3)24)10(30-16)6-27-7(2)23;1-5(21)25-4-8-9(26-6(2)22)10(27-7(3)23)14(28-8)20-12-11(30-16(20)29)13(24)19-15(17)18-12/h10-12,15-16H,5-6H2,1-4H3,(H3,19,20,21);8-10,14H,4H2,1-3H3,(H3,17,18,19,24)/t10-,11-,12-,15?,16-;8-,9-,10-,14-/m11/s1. The Balaban J connectivity index is 0.000000235. The summed E-state index contributed by atoms with van der Waals surface area (Å²) >= 11 is 13.1. The van der Waals surface area contributed by atoms with Crippen molar-refractivity contribution in [3.05, 3.63) is 23.1 Å². The number of aromatic amines is 1. The van der Waals surface area contributed by atoms with Crippen molar-refractivity contribution in [2.24, 2.45) is 10.7 Å². The second-order valence-corrected chi connectivity index (χ2v) is 16.6. The van der Waals surface area contributed by atoms with E-state index in [9.17, 15) is 33.6 Å². The lowest BCUT2D eigenvalue weighted by Crippen LogP contribution is -2.41. The third-order valence-corrected chi connectivity index (χ3v) is 11.4. The Kier molecular flexibility index (Phi) is 15.5. The highest BCUT2D eigenvalue weighted by atomic mass is 32.2. The van der Waals surface area contributed by atoms with Gasteiger partial charge in [0.1, 0.15) is 35.9 Å². The van der Waals surface area contributed by atoms with Crippen LogP contribution in [0.15, 0.2) is 9.79 Å². The molecule has 0 bridgehead atoms. The van der Waals surface area contributed by atoms with Gasteiger partial charge in [-0.3, -0.25) is 47.7 Å². The van der Waals surface area contributed by atoms with Crippen molar-refractivity contribution in [3.63, 3.8) is 0 Å². The first kappa shape index (κ1) is 47.7. The number of nitrogens with one attached hydrogen (secondary N) is 2. The molecule has 2 saturated heterocycles. The normalized spacial score (nSPS) is 25.0. The van der Waals surface area contributed by atoms with E-state index < -0.39 is 96.7 Å². The molecule has 0 spiro atoms. The summed E-state index contributed by atoms with van der Waals surface area (Å²) in [6.07, 6.45) is -9.05. The quantitative estimate of drug-likeness (QED) is 0.114. The van der Waals surface area contributed by atoms with Gasteiger partial charge >= 0.3 is 35.8 Å². The molecule has 3 aliphatic rings. The third-order valence-electron chi connectivity index (χ3n) is 8.60. The van der Waals surface area contributed by atoms with Gasteiger partial charge in [0.15, 0.2) is 62.6 Å². The monoisotopic (exact) mass is 946 g/mol. The summed E-state index contributed by atoms with van der Waals surface area (Å²) < 4.78 is 52.9. The highest BCUT2D eigenvalue weighted by molar-refractivity contribution is 7.73. The van der Waals surface area contributed by atoms with Crippen LogP contribution in [-0.2, 0) is 71.4 Å². The van der Waals surface area contributed by atoms with Gasteiger partial charge < -0.3 is 59.4 Å². The summed E-state index contributed by atoms with van der Waals surface area (Å²) in [7, 11) is 0. The van der Waals surface area contributed by atoms with E-state index in [1.165, 1.54) is 57.4 Å². The molecule has 0 aliphatic carbocycles. The molecule has 3 aliphatic heterocycles. The third kappa shape index (κ3) is 11.0. The predicted octanol–water partition coefficient (Wildman–Crippen LogP) is 1.80. The van der Waals surface area contributed by atoms with Crippen molar-refractivity contribution in [1.82, 2.24) is 19.1 Å². The molecule has 9 atom stereocenters. The molecule has 3 aromatic heterocycles. The number of anilines is 2. The number of rotatable bonds is 12. The first-order chi connectivity index (χ1) is 29.2. The van der Waals surface area contributed by atoms with Gasteiger partial charge in [0.2, 0.25) is 5.95 Å². The molecule has 1 unspecified atom stereocenters. The number of carbonyl (C=O) groups excluding carboxylic acids is 6. The zero-order valence-corrected chi connectivity index (χ0v) is 37.2. The number of thiazole rings is 2. The van der Waals surface area contributed by atoms with Crippen LogP contribution in [0.4, 0.5) is 11.8 Å². The smallest absolute Gasteiger partial charge is 0.303 e. The molecule has 338 valence electrons. The van der Waals surface area contributed by atoms with Gasteiger partial charge in [0, 0.05) is 48.1 Å². The van der Waals surface area contributed by atoms with Crippen LogP contribution < -0.4 is 22.3 Å². The molecule has 6 N–H and O–H groups in total. The summed E-state index contributed by atoms with van der Waals surface area (Å²) in [6.45, 7) is 8.95. The fourth-order valence-corrected chi connectivity index (χ4v) is 9.20. The van der Waals surface area contributed by atoms with Crippen LogP contribution in [0, 0.1) is 7.91 Å². The molecule has 3 aromatic rings. The van der Waals surface area contributed by atoms with Crippen LogP contribution in [0.25, 0.3) is 10.3 Å². The van der Waals surface area contributed by atoms with E-state index in [-0.39, 0.29) is 39.4 Å². The number of carbonyl (C=O) groups is 6. The van der Waals surface area contributed by atoms with Gasteiger partial charge in [-0.1, -0.05) is 11.3 Å². The molecular weight excluding hydrogens is 905 g/mol. The number of esters is 6. The highest BCUT2D eigenvalue weighted by Gasteiger charge is 2.53. The van der Waals surface area contributed by atoms with Gasteiger partial charge in [0.25, 0.3) is 5.56 Å². The van der Waals surface area contributed by atoms with Gasteiger partial charge in [-0.2, -0.15) is 4.98 Å². The molecule has 2 fully saturated rings. The molecule has 0 saturated carbocycles. The van der Waals surface area contributed by atoms with E-state index in [0.717, 1.165) is 11.3 Å². The van der Waals surface area contributed by atoms with Gasteiger partial charge in [-0.25, -0.2) is 4.99 Å². The van der Waals surface area contributed by atoms with E-state index in [1.54, 1.807) is 4.57 Å². The van der Waals surface area contributed by atoms with Crippen LogP contribution >= 0.6 is 47.1 Å². The van der Waals surface area contributed by atoms with E-state index in [2.05, 4.69) is 20.3 Å². The number of guanidine groups is 1. The fraction of sp³-hybridized carbons (Fsp3) is 0.559. The Morgan fingerprint density at radius 1 is 0.726 bits per heavy atom. The van der Waals surface area contributed by atoms with E-state index in [0.29, 0.717) is 21.3 Å². The predicted molar refractivity (Wildman–Crippen MR) is 220 cm³/mol. The first-order valence-corrected chi connectivity index (χ1v) is 20.8. The summed E-state index contributed by atoms with van der Waals surface area (Å²) in [4.78, 5) is 93.2. The van der Waals surface area contributed by atoms with Gasteiger partial charge in [-0.05, 0) is 31.4 Å². The van der Waals surface area contributed by atoms with Crippen LogP contribution in [-0.4, -0.2) is 117 Å². The van der Waals surface area contributed by atoms with Crippen molar-refractivity contribution in [2.45, 2.75) is 104 Å². The number of aliphatic imine (C=N–C) groups is 1. The summed E-state index contributed by atoms with van der Waals surface area (Å²) in [5, 5.41) is 2.95. The molecule has 6 heterocycles. The number of ether oxygens (including phenoxy) is 9. The number of hydrogen-bond acceptors (Lipinski definition) is 25. The van der Waals surface area contributed by atoms with Crippen molar-refractivity contribution >= 4 is 111 Å². The van der Waals surface area contributed by atoms with Crippen molar-refractivity contribution < 1.29 is 71.4 Å². The number of aromatic nitrogens is 4. The average molecular weight is 947 g/mol. The van der Waals surface area contributed by atoms with E-state index >= 15 is 0 Å². The molecule has 24 nitrogen and oxygen atoms in total. The van der Waals surface area contributed by atoms with Gasteiger partial charge in [-0.15, -0.1) is 11.3 Å². The topological polar surface area (TPSA) is 318 Å². The SMILES string of the molecule is CC(=O)OC[C@H]1O[C@@H](n2c(=S)sc3c(=O)[nH]c(N)nc32)[C@H](OC(C)=O)[C@@H]1OC(C)=O.CCOC1N=C(N)Nc2c1sc(=S)n2[C@@H]1O[C@H](COC(C)=O)[C@@H](OC(C)=O)[C@H]1OC(C)=O. The Labute approximate surface area is 368 Å². The molecule has 6 rings (SSSR count). The number of nitrogens with zero attached hydrogens (tertiary/aromatic N) is 4. The molecule has 0 radical (unpaired) electrons. The van der Waals surface area contributed by atoms with Crippen LogP contribution in [0.2, 0.25) is 0 Å². The second kappa shape index (κ2) is 20.2. The number of H-pyrrole nitrogens is 1.